The summed E-state index contributed by atoms with van der Waals surface area (Å²) >= 11 is 0. The van der Waals surface area contributed by atoms with Crippen molar-refractivity contribution in [2.45, 2.75) is 43.9 Å². The molecular weight excluding hydrogens is 298 g/mol. The minimum absolute atomic E-state index is 0.280. The molecule has 1 heterocycles. The van der Waals surface area contributed by atoms with Crippen LogP contribution in [-0.2, 0) is 10.8 Å². The van der Waals surface area contributed by atoms with Crippen molar-refractivity contribution in [3.63, 3.8) is 0 Å². The highest BCUT2D eigenvalue weighted by Crippen LogP contribution is 2.25. The van der Waals surface area contributed by atoms with Gasteiger partial charge in [0.2, 0.25) is 5.95 Å². The van der Waals surface area contributed by atoms with Gasteiger partial charge in [0.1, 0.15) is 0 Å². The summed E-state index contributed by atoms with van der Waals surface area (Å²) in [7, 11) is -0.722. The molecule has 22 heavy (non-hydrogen) atoms. The summed E-state index contributed by atoms with van der Waals surface area (Å²) in [6, 6.07) is 10.1. The Morgan fingerprint density at radius 1 is 1.32 bits per heavy atom. The van der Waals surface area contributed by atoms with Crippen LogP contribution < -0.4 is 5.32 Å². The van der Waals surface area contributed by atoms with Crippen molar-refractivity contribution in [3.05, 3.63) is 30.3 Å². The number of nitrogens with one attached hydrogen (secondary N) is 1. The summed E-state index contributed by atoms with van der Waals surface area (Å²) in [5.41, 5.74) is 0.930. The van der Waals surface area contributed by atoms with E-state index in [9.17, 15) is 4.21 Å². The molecule has 3 unspecified atom stereocenters. The number of anilines is 1. The van der Waals surface area contributed by atoms with Crippen molar-refractivity contribution in [2.75, 3.05) is 11.1 Å². The van der Waals surface area contributed by atoms with Crippen LogP contribution in [0, 0.1) is 0 Å². The monoisotopic (exact) mass is 319 g/mol. The minimum atomic E-state index is -0.722. The quantitative estimate of drug-likeness (QED) is 0.914. The topological polar surface area (TPSA) is 72.7 Å². The van der Waals surface area contributed by atoms with Crippen LogP contribution in [-0.4, -0.2) is 41.5 Å². The summed E-state index contributed by atoms with van der Waals surface area (Å²) in [6.45, 7) is 1.99. The van der Waals surface area contributed by atoms with Gasteiger partial charge in [-0.3, -0.25) is 4.21 Å². The maximum absolute atomic E-state index is 12.0. The molecular formula is C15H21N5OS. The van der Waals surface area contributed by atoms with Crippen LogP contribution in [0.2, 0.25) is 0 Å². The van der Waals surface area contributed by atoms with E-state index in [4.69, 9.17) is 0 Å². The Hall–Kier alpha value is -1.76. The lowest BCUT2D eigenvalue weighted by Gasteiger charge is -2.29. The van der Waals surface area contributed by atoms with Crippen LogP contribution >= 0.6 is 0 Å². The summed E-state index contributed by atoms with van der Waals surface area (Å²) in [4.78, 5) is 0. The van der Waals surface area contributed by atoms with Crippen molar-refractivity contribution >= 4 is 16.7 Å². The number of nitrogens with zero attached hydrogens (tertiary/aromatic N) is 4. The summed E-state index contributed by atoms with van der Waals surface area (Å²) in [6.07, 6.45) is 4.14. The van der Waals surface area contributed by atoms with Crippen molar-refractivity contribution < 1.29 is 4.21 Å². The number of aromatic nitrogens is 4. The van der Waals surface area contributed by atoms with Gasteiger partial charge in [0.05, 0.1) is 5.69 Å². The first-order valence-corrected chi connectivity index (χ1v) is 9.13. The van der Waals surface area contributed by atoms with Crippen LogP contribution in [0.4, 0.5) is 5.95 Å². The average Bonchev–Trinajstić information content (AvgIpc) is 3.03. The Kier molecular flexibility index (Phi) is 4.82. The predicted molar refractivity (Wildman–Crippen MR) is 87.5 cm³/mol. The van der Waals surface area contributed by atoms with Gasteiger partial charge in [-0.1, -0.05) is 36.6 Å². The third-order valence-electron chi connectivity index (χ3n) is 4.09. The molecule has 1 N–H and O–H groups in total. The maximum atomic E-state index is 12.0. The van der Waals surface area contributed by atoms with E-state index in [1.165, 1.54) is 0 Å². The highest BCUT2D eigenvalue weighted by molar-refractivity contribution is 7.85. The van der Waals surface area contributed by atoms with Gasteiger partial charge in [0, 0.05) is 27.8 Å². The fourth-order valence-corrected chi connectivity index (χ4v) is 4.30. The number of benzene rings is 1. The molecule has 1 aromatic heterocycles. The Bertz CT molecular complexity index is 630. The Morgan fingerprint density at radius 3 is 2.91 bits per heavy atom. The molecule has 0 saturated heterocycles. The number of para-hydroxylation sites is 1. The molecule has 1 aromatic carbocycles. The van der Waals surface area contributed by atoms with Crippen molar-refractivity contribution in [3.8, 4) is 5.69 Å². The highest BCUT2D eigenvalue weighted by Gasteiger charge is 2.26. The van der Waals surface area contributed by atoms with Crippen LogP contribution in [0.15, 0.2) is 30.3 Å². The Balaban J connectivity index is 1.72. The fraction of sp³-hybridized carbons (Fsp3) is 0.533. The molecule has 3 atom stereocenters. The first kappa shape index (κ1) is 15.1. The van der Waals surface area contributed by atoms with E-state index in [2.05, 4.69) is 20.8 Å². The van der Waals surface area contributed by atoms with Crippen LogP contribution in [0.25, 0.3) is 5.69 Å². The number of hydrogen-bond acceptors (Lipinski definition) is 5. The molecule has 2 aromatic rings. The largest absolute Gasteiger partial charge is 0.350 e. The molecule has 0 aliphatic heterocycles. The summed E-state index contributed by atoms with van der Waals surface area (Å²) in [5, 5.41) is 15.6. The van der Waals surface area contributed by atoms with Gasteiger partial charge in [-0.25, -0.2) is 0 Å². The number of rotatable bonds is 5. The lowest BCUT2D eigenvalue weighted by molar-refractivity contribution is 0.462. The summed E-state index contributed by atoms with van der Waals surface area (Å²) in [5.74, 6) is 1.39. The van der Waals surface area contributed by atoms with Crippen molar-refractivity contribution in [1.29, 1.82) is 0 Å². The van der Waals surface area contributed by atoms with Crippen LogP contribution in [0.3, 0.4) is 0 Å². The van der Waals surface area contributed by atoms with Gasteiger partial charge < -0.3 is 5.32 Å². The van der Waals surface area contributed by atoms with E-state index in [1.807, 2.05) is 37.3 Å². The van der Waals surface area contributed by atoms with Gasteiger partial charge in [0.25, 0.3) is 0 Å². The number of tetrazole rings is 1. The van der Waals surface area contributed by atoms with Gasteiger partial charge in [-0.05, 0) is 41.8 Å². The van der Waals surface area contributed by atoms with E-state index in [-0.39, 0.29) is 11.3 Å². The molecule has 0 spiro atoms. The third-order valence-corrected chi connectivity index (χ3v) is 5.83. The molecule has 1 fully saturated rings. The Morgan fingerprint density at radius 2 is 2.14 bits per heavy atom. The van der Waals surface area contributed by atoms with Gasteiger partial charge in [-0.15, -0.1) is 0 Å². The highest BCUT2D eigenvalue weighted by atomic mass is 32.2. The van der Waals surface area contributed by atoms with Gasteiger partial charge >= 0.3 is 0 Å². The molecule has 1 aliphatic rings. The minimum Gasteiger partial charge on any atom is -0.350 e. The first-order chi connectivity index (χ1) is 10.8. The SMILES string of the molecule is CCS(=O)C1CCCC(Nc2nnnn2-c2ccccc2)C1. The average molecular weight is 319 g/mol. The lowest BCUT2D eigenvalue weighted by atomic mass is 9.95. The zero-order valence-electron chi connectivity index (χ0n) is 12.7. The summed E-state index contributed by atoms with van der Waals surface area (Å²) < 4.78 is 13.7. The molecule has 0 radical (unpaired) electrons. The second-order valence-corrected chi connectivity index (χ2v) is 7.55. The first-order valence-electron chi connectivity index (χ1n) is 7.75. The van der Waals surface area contributed by atoms with Crippen molar-refractivity contribution in [1.82, 2.24) is 20.2 Å². The maximum Gasteiger partial charge on any atom is 0.247 e. The fourth-order valence-electron chi connectivity index (χ4n) is 2.95. The molecule has 0 bridgehead atoms. The van der Waals surface area contributed by atoms with E-state index in [1.54, 1.807) is 4.68 Å². The second kappa shape index (κ2) is 7.00. The molecule has 0 amide bonds. The lowest BCUT2D eigenvalue weighted by Crippen LogP contribution is -2.33. The van der Waals surface area contributed by atoms with E-state index in [0.717, 1.165) is 37.1 Å². The molecule has 3 rings (SSSR count). The predicted octanol–water partition coefficient (Wildman–Crippen LogP) is 2.15. The molecule has 1 saturated carbocycles. The number of hydrogen-bond donors (Lipinski definition) is 1. The van der Waals surface area contributed by atoms with Crippen LogP contribution in [0.1, 0.15) is 32.6 Å². The van der Waals surface area contributed by atoms with E-state index >= 15 is 0 Å². The molecule has 7 heteroatoms. The normalized spacial score (nSPS) is 23.1. The van der Waals surface area contributed by atoms with Gasteiger partial charge in [0.15, 0.2) is 0 Å². The smallest absolute Gasteiger partial charge is 0.247 e. The molecule has 118 valence electrons. The van der Waals surface area contributed by atoms with Crippen molar-refractivity contribution in [2.24, 2.45) is 0 Å². The zero-order valence-corrected chi connectivity index (χ0v) is 13.5. The zero-order chi connectivity index (χ0) is 15.4. The molecule has 1 aliphatic carbocycles. The third kappa shape index (κ3) is 3.35. The van der Waals surface area contributed by atoms with Gasteiger partial charge in [-0.2, -0.15) is 4.68 Å². The Labute approximate surface area is 132 Å². The van der Waals surface area contributed by atoms with E-state index in [0.29, 0.717) is 5.95 Å². The van der Waals surface area contributed by atoms with Crippen LogP contribution in [0.5, 0.6) is 0 Å². The standard InChI is InChI=1S/C15H21N5OS/c1-2-22(21)14-10-6-7-12(11-14)16-15-17-18-19-20(15)13-8-4-3-5-9-13/h3-5,8-9,12,14H,2,6-7,10-11H2,1H3,(H,16,17,19). The second-order valence-electron chi connectivity index (χ2n) is 5.55. The molecule has 6 nitrogen and oxygen atoms in total. The van der Waals surface area contributed by atoms with E-state index < -0.39 is 10.8 Å².